The lowest BCUT2D eigenvalue weighted by Crippen LogP contribution is -2.27. The second kappa shape index (κ2) is 7.73. The smallest absolute Gasteiger partial charge is 0.123 e. The zero-order valence-corrected chi connectivity index (χ0v) is 13.2. The number of rotatable bonds is 6. The molecule has 0 spiro atoms. The van der Waals surface area contributed by atoms with Gasteiger partial charge in [0, 0.05) is 6.54 Å². The number of nitrogens with zero attached hydrogens (tertiary/aromatic N) is 2. The van der Waals surface area contributed by atoms with Crippen LogP contribution in [0.3, 0.4) is 0 Å². The van der Waals surface area contributed by atoms with Crippen molar-refractivity contribution in [2.75, 3.05) is 20.8 Å². The standard InChI is InChI=1S/C18H19FN2O2/c1-21(11-15-9-16(19)6-3-14(15)10-20)18(12-22)13-4-7-17(23-2)8-5-13/h3-9,18,22H,11-12H2,1-2H3. The monoisotopic (exact) mass is 314 g/mol. The Hall–Kier alpha value is -2.42. The maximum absolute atomic E-state index is 13.4. The lowest BCUT2D eigenvalue weighted by atomic mass is 10.0. The number of halogens is 1. The predicted molar refractivity (Wildman–Crippen MR) is 85.4 cm³/mol. The van der Waals surface area contributed by atoms with Gasteiger partial charge in [-0.15, -0.1) is 0 Å². The maximum atomic E-state index is 13.4. The number of nitriles is 1. The first-order valence-electron chi connectivity index (χ1n) is 7.22. The van der Waals surface area contributed by atoms with Gasteiger partial charge in [0.25, 0.3) is 0 Å². The SMILES string of the molecule is COc1ccc(C(CO)N(C)Cc2cc(F)ccc2C#N)cc1. The molecule has 0 fully saturated rings. The molecule has 0 aromatic heterocycles. The van der Waals surface area contributed by atoms with E-state index in [2.05, 4.69) is 6.07 Å². The molecule has 2 aromatic rings. The van der Waals surface area contributed by atoms with Gasteiger partial charge in [0.05, 0.1) is 31.4 Å². The fourth-order valence-corrected chi connectivity index (χ4v) is 2.51. The fraction of sp³-hybridized carbons (Fsp3) is 0.278. The molecule has 0 radical (unpaired) electrons. The summed E-state index contributed by atoms with van der Waals surface area (Å²) < 4.78 is 18.6. The van der Waals surface area contributed by atoms with E-state index in [0.29, 0.717) is 17.7 Å². The molecule has 2 rings (SSSR count). The van der Waals surface area contributed by atoms with Crippen LogP contribution < -0.4 is 4.74 Å². The fourth-order valence-electron chi connectivity index (χ4n) is 2.51. The summed E-state index contributed by atoms with van der Waals surface area (Å²) in [6.07, 6.45) is 0. The number of aliphatic hydroxyl groups is 1. The number of benzene rings is 2. The molecule has 4 nitrogen and oxygen atoms in total. The van der Waals surface area contributed by atoms with Crippen LogP contribution in [0, 0.1) is 17.1 Å². The Morgan fingerprint density at radius 1 is 1.26 bits per heavy atom. The predicted octanol–water partition coefficient (Wildman–Crippen LogP) is 2.87. The second-order valence-electron chi connectivity index (χ2n) is 5.30. The number of hydrogen-bond acceptors (Lipinski definition) is 4. The highest BCUT2D eigenvalue weighted by molar-refractivity contribution is 5.38. The van der Waals surface area contributed by atoms with Crippen molar-refractivity contribution < 1.29 is 14.2 Å². The van der Waals surface area contributed by atoms with Crippen molar-refractivity contribution in [1.82, 2.24) is 4.90 Å². The molecule has 1 unspecified atom stereocenters. The van der Waals surface area contributed by atoms with Gasteiger partial charge in [-0.05, 0) is 48.5 Å². The number of aliphatic hydroxyl groups excluding tert-OH is 1. The summed E-state index contributed by atoms with van der Waals surface area (Å²) in [5, 5.41) is 18.9. The Labute approximate surface area is 135 Å². The van der Waals surface area contributed by atoms with Crippen LogP contribution in [0.25, 0.3) is 0 Å². The average Bonchev–Trinajstić information content (AvgIpc) is 2.56. The van der Waals surface area contributed by atoms with Gasteiger partial charge in [0.1, 0.15) is 11.6 Å². The second-order valence-corrected chi connectivity index (χ2v) is 5.30. The summed E-state index contributed by atoms with van der Waals surface area (Å²) in [5.41, 5.74) is 1.96. The molecule has 1 N–H and O–H groups in total. The Morgan fingerprint density at radius 3 is 2.52 bits per heavy atom. The topological polar surface area (TPSA) is 56.5 Å². The van der Waals surface area contributed by atoms with Crippen LogP contribution in [0.2, 0.25) is 0 Å². The Balaban J connectivity index is 2.21. The Kier molecular flexibility index (Phi) is 5.69. The van der Waals surface area contributed by atoms with Gasteiger partial charge in [-0.2, -0.15) is 5.26 Å². The molecular weight excluding hydrogens is 295 g/mol. The number of hydrogen-bond donors (Lipinski definition) is 1. The number of methoxy groups -OCH3 is 1. The average molecular weight is 314 g/mol. The van der Waals surface area contributed by atoms with Crippen molar-refractivity contribution in [2.45, 2.75) is 12.6 Å². The third kappa shape index (κ3) is 4.07. The third-order valence-corrected chi connectivity index (χ3v) is 3.81. The van der Waals surface area contributed by atoms with Gasteiger partial charge < -0.3 is 9.84 Å². The van der Waals surface area contributed by atoms with Crippen molar-refractivity contribution in [2.24, 2.45) is 0 Å². The normalized spacial score (nSPS) is 12.0. The first kappa shape index (κ1) is 16.9. The lowest BCUT2D eigenvalue weighted by Gasteiger charge is -2.27. The van der Waals surface area contributed by atoms with E-state index in [0.717, 1.165) is 11.3 Å². The summed E-state index contributed by atoms with van der Waals surface area (Å²) in [4.78, 5) is 1.89. The van der Waals surface area contributed by atoms with Crippen LogP contribution >= 0.6 is 0 Å². The Morgan fingerprint density at radius 2 is 1.96 bits per heavy atom. The number of ether oxygens (including phenoxy) is 1. The van der Waals surface area contributed by atoms with E-state index in [1.807, 2.05) is 36.2 Å². The zero-order chi connectivity index (χ0) is 16.8. The summed E-state index contributed by atoms with van der Waals surface area (Å²) in [6.45, 7) is 0.276. The highest BCUT2D eigenvalue weighted by Crippen LogP contribution is 2.24. The highest BCUT2D eigenvalue weighted by Gasteiger charge is 2.18. The van der Waals surface area contributed by atoms with E-state index in [9.17, 15) is 9.50 Å². The molecule has 23 heavy (non-hydrogen) atoms. The van der Waals surface area contributed by atoms with Crippen molar-refractivity contribution in [3.63, 3.8) is 0 Å². The summed E-state index contributed by atoms with van der Waals surface area (Å²) >= 11 is 0. The van der Waals surface area contributed by atoms with Gasteiger partial charge in [-0.1, -0.05) is 12.1 Å². The van der Waals surface area contributed by atoms with Crippen LogP contribution in [-0.4, -0.2) is 30.8 Å². The minimum atomic E-state index is -0.377. The van der Waals surface area contributed by atoms with Gasteiger partial charge in [-0.3, -0.25) is 4.90 Å². The maximum Gasteiger partial charge on any atom is 0.123 e. The van der Waals surface area contributed by atoms with Gasteiger partial charge in [0.2, 0.25) is 0 Å². The van der Waals surface area contributed by atoms with Crippen LogP contribution in [0.1, 0.15) is 22.7 Å². The number of likely N-dealkylation sites (N-methyl/N-ethyl adjacent to an activating group) is 1. The molecule has 0 aliphatic heterocycles. The van der Waals surface area contributed by atoms with Crippen LogP contribution in [0.4, 0.5) is 4.39 Å². The van der Waals surface area contributed by atoms with Crippen LogP contribution in [-0.2, 0) is 6.54 Å². The van der Waals surface area contributed by atoms with E-state index >= 15 is 0 Å². The van der Waals surface area contributed by atoms with Crippen molar-refractivity contribution in [3.05, 3.63) is 65.0 Å². The summed E-state index contributed by atoms with van der Waals surface area (Å²) in [7, 11) is 3.43. The first-order valence-corrected chi connectivity index (χ1v) is 7.22. The van der Waals surface area contributed by atoms with Gasteiger partial charge >= 0.3 is 0 Å². The molecule has 120 valence electrons. The van der Waals surface area contributed by atoms with Crippen molar-refractivity contribution >= 4 is 0 Å². The molecule has 2 aromatic carbocycles. The lowest BCUT2D eigenvalue weighted by molar-refractivity contribution is 0.142. The molecule has 0 aliphatic rings. The van der Waals surface area contributed by atoms with Crippen LogP contribution in [0.15, 0.2) is 42.5 Å². The van der Waals surface area contributed by atoms with E-state index in [-0.39, 0.29) is 18.5 Å². The molecule has 1 atom stereocenters. The van der Waals surface area contributed by atoms with E-state index in [4.69, 9.17) is 10.00 Å². The molecule has 0 saturated carbocycles. The van der Waals surface area contributed by atoms with Crippen molar-refractivity contribution in [1.29, 1.82) is 5.26 Å². The van der Waals surface area contributed by atoms with E-state index in [1.54, 1.807) is 7.11 Å². The van der Waals surface area contributed by atoms with Gasteiger partial charge in [0.15, 0.2) is 0 Å². The van der Waals surface area contributed by atoms with E-state index < -0.39 is 0 Å². The minimum absolute atomic E-state index is 0.0833. The summed E-state index contributed by atoms with van der Waals surface area (Å²) in [6, 6.07) is 13.3. The molecule has 0 aliphatic carbocycles. The first-order chi connectivity index (χ1) is 11.1. The van der Waals surface area contributed by atoms with Gasteiger partial charge in [-0.25, -0.2) is 4.39 Å². The third-order valence-electron chi connectivity index (χ3n) is 3.81. The van der Waals surface area contributed by atoms with Crippen molar-refractivity contribution in [3.8, 4) is 11.8 Å². The highest BCUT2D eigenvalue weighted by atomic mass is 19.1. The molecule has 5 heteroatoms. The largest absolute Gasteiger partial charge is 0.497 e. The molecule has 0 heterocycles. The van der Waals surface area contributed by atoms with Crippen LogP contribution in [0.5, 0.6) is 5.75 Å². The zero-order valence-electron chi connectivity index (χ0n) is 13.2. The van der Waals surface area contributed by atoms with E-state index in [1.165, 1.54) is 18.2 Å². The molecular formula is C18H19FN2O2. The summed E-state index contributed by atoms with van der Waals surface area (Å²) in [5.74, 6) is 0.363. The molecule has 0 bridgehead atoms. The molecule has 0 saturated heterocycles. The molecule has 0 amide bonds. The quantitative estimate of drug-likeness (QED) is 0.891. The minimum Gasteiger partial charge on any atom is -0.497 e. The Bertz CT molecular complexity index is 695.